The van der Waals surface area contributed by atoms with Crippen molar-refractivity contribution in [1.82, 2.24) is 0 Å². The molecule has 4 nitrogen and oxygen atoms in total. The molecule has 108 valence electrons. The highest BCUT2D eigenvalue weighted by atomic mass is 32.1. The molecule has 1 heterocycles. The van der Waals surface area contributed by atoms with Crippen LogP contribution < -0.4 is 10.6 Å². The molecule has 2 rings (SSSR count). The van der Waals surface area contributed by atoms with Gasteiger partial charge in [0.1, 0.15) is 5.82 Å². The van der Waals surface area contributed by atoms with Gasteiger partial charge in [0.05, 0.1) is 23.9 Å². The number of hydrogen-bond donors (Lipinski definition) is 2. The van der Waals surface area contributed by atoms with Crippen LogP contribution in [0.2, 0.25) is 0 Å². The van der Waals surface area contributed by atoms with Crippen LogP contribution in [0.1, 0.15) is 22.9 Å². The number of rotatable bonds is 4. The molecule has 21 heavy (non-hydrogen) atoms. The van der Waals surface area contributed by atoms with Crippen molar-refractivity contribution in [2.45, 2.75) is 20.4 Å². The van der Waals surface area contributed by atoms with Gasteiger partial charge in [-0.15, -0.1) is 11.3 Å². The third-order valence-corrected chi connectivity index (χ3v) is 3.89. The molecule has 2 aromatic rings. The Labute approximate surface area is 126 Å². The maximum atomic E-state index is 13.7. The molecule has 1 aromatic heterocycles. The number of thiophene rings is 1. The van der Waals surface area contributed by atoms with Crippen LogP contribution in [0.4, 0.5) is 15.8 Å². The minimum atomic E-state index is -0.412. The fourth-order valence-electron chi connectivity index (χ4n) is 1.88. The number of amides is 1. The highest BCUT2D eigenvalue weighted by Crippen LogP contribution is 2.26. The third kappa shape index (κ3) is 3.58. The largest absolute Gasteiger partial charge is 0.380 e. The van der Waals surface area contributed by atoms with Crippen molar-refractivity contribution in [1.29, 1.82) is 5.26 Å². The Morgan fingerprint density at radius 3 is 2.86 bits per heavy atom. The van der Waals surface area contributed by atoms with Gasteiger partial charge in [0, 0.05) is 23.1 Å². The molecule has 1 aromatic carbocycles. The molecule has 0 aliphatic carbocycles. The Bertz CT molecular complexity index is 718. The summed E-state index contributed by atoms with van der Waals surface area (Å²) in [4.78, 5) is 12.0. The summed E-state index contributed by atoms with van der Waals surface area (Å²) in [5, 5.41) is 16.6. The van der Waals surface area contributed by atoms with Crippen LogP contribution in [0, 0.1) is 24.1 Å². The summed E-state index contributed by atoms with van der Waals surface area (Å²) in [7, 11) is 0. The topological polar surface area (TPSA) is 64.9 Å². The number of anilines is 2. The van der Waals surface area contributed by atoms with E-state index in [1.54, 1.807) is 13.0 Å². The number of hydrogen-bond acceptors (Lipinski definition) is 4. The standard InChI is InChI=1S/C15H14FN3OS/c1-9-12(16)5-11(7-17)6-14(9)18-8-15-13(3-4-21-15)19-10(2)20/h3-6,18H,8H2,1-2H3,(H,19,20). The lowest BCUT2D eigenvalue weighted by Gasteiger charge is -2.11. The van der Waals surface area contributed by atoms with Crippen LogP contribution in [-0.4, -0.2) is 5.91 Å². The number of carbonyl (C=O) groups is 1. The molecule has 0 aliphatic rings. The highest BCUT2D eigenvalue weighted by Gasteiger charge is 2.09. The van der Waals surface area contributed by atoms with Crippen molar-refractivity contribution in [3.63, 3.8) is 0 Å². The van der Waals surface area contributed by atoms with Gasteiger partial charge in [-0.3, -0.25) is 4.79 Å². The second-order valence-electron chi connectivity index (χ2n) is 4.53. The second-order valence-corrected chi connectivity index (χ2v) is 5.54. The molecule has 6 heteroatoms. The fraction of sp³-hybridized carbons (Fsp3) is 0.200. The van der Waals surface area contributed by atoms with E-state index in [2.05, 4.69) is 10.6 Å². The van der Waals surface area contributed by atoms with Gasteiger partial charge >= 0.3 is 0 Å². The van der Waals surface area contributed by atoms with Crippen LogP contribution in [0.25, 0.3) is 0 Å². The first-order chi connectivity index (χ1) is 10.0. The lowest BCUT2D eigenvalue weighted by Crippen LogP contribution is -2.08. The molecular weight excluding hydrogens is 289 g/mol. The molecule has 2 N–H and O–H groups in total. The molecule has 0 saturated carbocycles. The van der Waals surface area contributed by atoms with E-state index < -0.39 is 5.82 Å². The van der Waals surface area contributed by atoms with Crippen LogP contribution in [0.15, 0.2) is 23.6 Å². The van der Waals surface area contributed by atoms with Gasteiger partial charge in [0.15, 0.2) is 0 Å². The summed E-state index contributed by atoms with van der Waals surface area (Å²) < 4.78 is 13.7. The molecular formula is C15H14FN3OS. The van der Waals surface area contributed by atoms with Crippen LogP contribution in [-0.2, 0) is 11.3 Å². The number of nitrogens with zero attached hydrogens (tertiary/aromatic N) is 1. The lowest BCUT2D eigenvalue weighted by atomic mass is 10.1. The summed E-state index contributed by atoms with van der Waals surface area (Å²) in [6, 6.07) is 6.59. The van der Waals surface area contributed by atoms with E-state index in [0.29, 0.717) is 17.8 Å². The molecule has 1 amide bonds. The van der Waals surface area contributed by atoms with Gasteiger partial charge in [-0.25, -0.2) is 4.39 Å². The van der Waals surface area contributed by atoms with Crippen molar-refractivity contribution >= 4 is 28.6 Å². The van der Waals surface area contributed by atoms with Crippen LogP contribution >= 0.6 is 11.3 Å². The first kappa shape index (κ1) is 15.0. The maximum absolute atomic E-state index is 13.7. The molecule has 0 saturated heterocycles. The lowest BCUT2D eigenvalue weighted by molar-refractivity contribution is -0.114. The van der Waals surface area contributed by atoms with E-state index in [4.69, 9.17) is 5.26 Å². The molecule has 0 spiro atoms. The first-order valence-electron chi connectivity index (χ1n) is 6.29. The number of halogens is 1. The van der Waals surface area contributed by atoms with Crippen LogP contribution in [0.3, 0.4) is 0 Å². The van der Waals surface area contributed by atoms with Crippen molar-refractivity contribution in [2.75, 3.05) is 10.6 Å². The van der Waals surface area contributed by atoms with Gasteiger partial charge in [0.2, 0.25) is 5.91 Å². The summed E-state index contributed by atoms with van der Waals surface area (Å²) in [5.41, 5.74) is 2.06. The molecule has 0 atom stereocenters. The zero-order chi connectivity index (χ0) is 15.4. The van der Waals surface area contributed by atoms with Crippen molar-refractivity contribution < 1.29 is 9.18 Å². The average molecular weight is 303 g/mol. The third-order valence-electron chi connectivity index (χ3n) is 2.97. The number of benzene rings is 1. The summed E-state index contributed by atoms with van der Waals surface area (Å²) in [5.74, 6) is -0.548. The predicted molar refractivity (Wildman–Crippen MR) is 81.8 cm³/mol. The Morgan fingerprint density at radius 1 is 1.43 bits per heavy atom. The number of nitriles is 1. The smallest absolute Gasteiger partial charge is 0.221 e. The fourth-order valence-corrected chi connectivity index (χ4v) is 2.65. The Balaban J connectivity index is 2.17. The van der Waals surface area contributed by atoms with Crippen molar-refractivity contribution in [3.8, 4) is 6.07 Å². The molecule has 0 unspecified atom stereocenters. The van der Waals surface area contributed by atoms with E-state index in [9.17, 15) is 9.18 Å². The average Bonchev–Trinajstić information content (AvgIpc) is 2.86. The molecule has 0 bridgehead atoms. The predicted octanol–water partition coefficient (Wildman–Crippen LogP) is 3.64. The summed E-state index contributed by atoms with van der Waals surface area (Å²) >= 11 is 1.49. The van der Waals surface area contributed by atoms with Gasteiger partial charge in [-0.2, -0.15) is 5.26 Å². The van der Waals surface area contributed by atoms with E-state index in [1.807, 2.05) is 17.5 Å². The Kier molecular flexibility index (Phi) is 4.55. The highest BCUT2D eigenvalue weighted by molar-refractivity contribution is 7.10. The van der Waals surface area contributed by atoms with Gasteiger partial charge < -0.3 is 10.6 Å². The van der Waals surface area contributed by atoms with E-state index in [1.165, 1.54) is 24.3 Å². The molecule has 0 fully saturated rings. The summed E-state index contributed by atoms with van der Waals surface area (Å²) in [6.07, 6.45) is 0. The van der Waals surface area contributed by atoms with E-state index in [0.717, 1.165) is 10.6 Å². The molecule has 0 radical (unpaired) electrons. The second kappa shape index (κ2) is 6.37. The SMILES string of the molecule is CC(=O)Nc1ccsc1CNc1cc(C#N)cc(F)c1C. The monoisotopic (exact) mass is 303 g/mol. The number of carbonyl (C=O) groups excluding carboxylic acids is 1. The first-order valence-corrected chi connectivity index (χ1v) is 7.17. The molecule has 0 aliphatic heterocycles. The van der Waals surface area contributed by atoms with Crippen molar-refractivity contribution in [2.24, 2.45) is 0 Å². The van der Waals surface area contributed by atoms with E-state index >= 15 is 0 Å². The van der Waals surface area contributed by atoms with Gasteiger partial charge in [-0.05, 0) is 30.5 Å². The van der Waals surface area contributed by atoms with Crippen LogP contribution in [0.5, 0.6) is 0 Å². The van der Waals surface area contributed by atoms with Gasteiger partial charge in [0.25, 0.3) is 0 Å². The van der Waals surface area contributed by atoms with E-state index in [-0.39, 0.29) is 11.5 Å². The zero-order valence-corrected chi connectivity index (χ0v) is 12.5. The minimum absolute atomic E-state index is 0.136. The quantitative estimate of drug-likeness (QED) is 0.906. The van der Waals surface area contributed by atoms with Crippen molar-refractivity contribution in [3.05, 3.63) is 45.4 Å². The Hall–Kier alpha value is -2.39. The zero-order valence-electron chi connectivity index (χ0n) is 11.7. The normalized spacial score (nSPS) is 10.0. The minimum Gasteiger partial charge on any atom is -0.380 e. The summed E-state index contributed by atoms with van der Waals surface area (Å²) in [6.45, 7) is 3.55. The Morgan fingerprint density at radius 2 is 2.19 bits per heavy atom. The maximum Gasteiger partial charge on any atom is 0.221 e. The van der Waals surface area contributed by atoms with Gasteiger partial charge in [-0.1, -0.05) is 0 Å². The number of nitrogens with one attached hydrogen (secondary N) is 2.